The first kappa shape index (κ1) is 12.0. The Hall–Kier alpha value is -0.970. The van der Waals surface area contributed by atoms with Gasteiger partial charge in [-0.05, 0) is 34.6 Å². The molecular formula is C11H18O2. The van der Waals surface area contributed by atoms with E-state index in [1.165, 1.54) is 0 Å². The number of rotatable bonds is 2. The summed E-state index contributed by atoms with van der Waals surface area (Å²) in [5, 5.41) is 0. The molecular weight excluding hydrogens is 164 g/mol. The van der Waals surface area contributed by atoms with Crippen molar-refractivity contribution in [1.82, 2.24) is 0 Å². The van der Waals surface area contributed by atoms with E-state index in [4.69, 9.17) is 11.2 Å². The smallest absolute Gasteiger partial charge is 0.312 e. The first-order valence-electron chi connectivity index (χ1n) is 4.36. The normalized spacial score (nSPS) is 12.0. The molecule has 0 aliphatic rings. The maximum absolute atomic E-state index is 11.6. The van der Waals surface area contributed by atoms with E-state index >= 15 is 0 Å². The van der Waals surface area contributed by atoms with Crippen molar-refractivity contribution in [2.45, 2.75) is 46.6 Å². The minimum Gasteiger partial charge on any atom is -0.460 e. The van der Waals surface area contributed by atoms with Gasteiger partial charge >= 0.3 is 5.97 Å². The highest BCUT2D eigenvalue weighted by Gasteiger charge is 2.31. The van der Waals surface area contributed by atoms with Crippen LogP contribution in [0.25, 0.3) is 0 Å². The van der Waals surface area contributed by atoms with E-state index in [-0.39, 0.29) is 5.97 Å². The lowest BCUT2D eigenvalue weighted by Gasteiger charge is -2.27. The standard InChI is InChI=1S/C11H18O2/c1-7-8-11(5,6)9(12)13-10(2,3)4/h1H,8H2,2-6H3. The fourth-order valence-electron chi connectivity index (χ4n) is 0.744. The van der Waals surface area contributed by atoms with Gasteiger partial charge in [-0.3, -0.25) is 4.79 Å². The molecule has 0 bridgehead atoms. The summed E-state index contributed by atoms with van der Waals surface area (Å²) in [6.07, 6.45) is 5.56. The van der Waals surface area contributed by atoms with Gasteiger partial charge < -0.3 is 4.74 Å². The van der Waals surface area contributed by atoms with Gasteiger partial charge in [0.1, 0.15) is 5.60 Å². The molecule has 0 saturated carbocycles. The van der Waals surface area contributed by atoms with E-state index in [1.54, 1.807) is 13.8 Å². The van der Waals surface area contributed by atoms with E-state index < -0.39 is 11.0 Å². The Balaban J connectivity index is 4.36. The van der Waals surface area contributed by atoms with Gasteiger partial charge in [0.2, 0.25) is 0 Å². The van der Waals surface area contributed by atoms with Crippen LogP contribution in [0, 0.1) is 17.8 Å². The molecule has 0 saturated heterocycles. The van der Waals surface area contributed by atoms with Crippen LogP contribution >= 0.6 is 0 Å². The van der Waals surface area contributed by atoms with E-state index in [1.807, 2.05) is 20.8 Å². The largest absolute Gasteiger partial charge is 0.460 e. The number of hydrogen-bond acceptors (Lipinski definition) is 2. The van der Waals surface area contributed by atoms with Crippen LogP contribution in [0.2, 0.25) is 0 Å². The van der Waals surface area contributed by atoms with Gasteiger partial charge in [0.25, 0.3) is 0 Å². The minimum atomic E-state index is -0.581. The molecule has 0 atom stereocenters. The average molecular weight is 182 g/mol. The highest BCUT2D eigenvalue weighted by Crippen LogP contribution is 2.24. The summed E-state index contributed by atoms with van der Waals surface area (Å²) in [6.45, 7) is 9.12. The lowest BCUT2D eigenvalue weighted by atomic mass is 9.90. The molecule has 0 aromatic carbocycles. The molecule has 0 rings (SSSR count). The van der Waals surface area contributed by atoms with Gasteiger partial charge in [-0.1, -0.05) is 0 Å². The van der Waals surface area contributed by atoms with Crippen LogP contribution in [0.3, 0.4) is 0 Å². The first-order chi connectivity index (χ1) is 5.69. The number of esters is 1. The number of ether oxygens (including phenoxy) is 1. The van der Waals surface area contributed by atoms with Gasteiger partial charge in [0.05, 0.1) is 5.41 Å². The molecule has 0 fully saturated rings. The molecule has 0 heterocycles. The van der Waals surface area contributed by atoms with Crippen LogP contribution in [0.5, 0.6) is 0 Å². The molecule has 0 N–H and O–H groups in total. The van der Waals surface area contributed by atoms with Crippen LogP contribution in [-0.2, 0) is 9.53 Å². The van der Waals surface area contributed by atoms with Gasteiger partial charge in [-0.2, -0.15) is 0 Å². The monoisotopic (exact) mass is 182 g/mol. The number of hydrogen-bond donors (Lipinski definition) is 0. The molecule has 0 radical (unpaired) electrons. The third-order valence-electron chi connectivity index (χ3n) is 1.50. The molecule has 0 amide bonds. The maximum Gasteiger partial charge on any atom is 0.312 e. The second-order valence-corrected chi connectivity index (χ2v) is 4.77. The second-order valence-electron chi connectivity index (χ2n) is 4.77. The molecule has 0 aromatic heterocycles. The van der Waals surface area contributed by atoms with Crippen LogP contribution in [0.15, 0.2) is 0 Å². The van der Waals surface area contributed by atoms with Gasteiger partial charge in [-0.15, -0.1) is 12.3 Å². The Labute approximate surface area is 80.7 Å². The molecule has 0 spiro atoms. The topological polar surface area (TPSA) is 26.3 Å². The fourth-order valence-corrected chi connectivity index (χ4v) is 0.744. The molecule has 0 aliphatic carbocycles. The Kier molecular flexibility index (Phi) is 3.54. The van der Waals surface area contributed by atoms with Crippen molar-refractivity contribution >= 4 is 5.97 Å². The Morgan fingerprint density at radius 3 is 2.08 bits per heavy atom. The molecule has 13 heavy (non-hydrogen) atoms. The van der Waals surface area contributed by atoms with Crippen LogP contribution in [-0.4, -0.2) is 11.6 Å². The van der Waals surface area contributed by atoms with E-state index in [0.29, 0.717) is 6.42 Å². The summed E-state index contributed by atoms with van der Waals surface area (Å²) in [5.74, 6) is 2.24. The number of carbonyl (C=O) groups excluding carboxylic acids is 1. The first-order valence-corrected chi connectivity index (χ1v) is 4.36. The van der Waals surface area contributed by atoms with Crippen molar-refractivity contribution in [3.8, 4) is 12.3 Å². The molecule has 0 aromatic rings. The minimum absolute atomic E-state index is 0.238. The van der Waals surface area contributed by atoms with Crippen molar-refractivity contribution in [2.24, 2.45) is 5.41 Å². The van der Waals surface area contributed by atoms with Crippen LogP contribution < -0.4 is 0 Å². The maximum atomic E-state index is 11.6. The highest BCUT2D eigenvalue weighted by atomic mass is 16.6. The third kappa shape index (κ3) is 4.57. The van der Waals surface area contributed by atoms with Crippen molar-refractivity contribution in [3.63, 3.8) is 0 Å². The predicted octanol–water partition coefficient (Wildman–Crippen LogP) is 2.38. The molecule has 0 aliphatic heterocycles. The third-order valence-corrected chi connectivity index (χ3v) is 1.50. The van der Waals surface area contributed by atoms with Crippen molar-refractivity contribution in [1.29, 1.82) is 0 Å². The van der Waals surface area contributed by atoms with Crippen molar-refractivity contribution in [2.75, 3.05) is 0 Å². The number of terminal acetylenes is 1. The van der Waals surface area contributed by atoms with E-state index in [0.717, 1.165) is 0 Å². The summed E-state index contributed by atoms with van der Waals surface area (Å²) in [4.78, 5) is 11.6. The zero-order valence-corrected chi connectivity index (χ0v) is 9.10. The summed E-state index contributed by atoms with van der Waals surface area (Å²) in [6, 6.07) is 0. The Morgan fingerprint density at radius 2 is 1.77 bits per heavy atom. The van der Waals surface area contributed by atoms with E-state index in [2.05, 4.69) is 5.92 Å². The zero-order chi connectivity index (χ0) is 10.7. The molecule has 2 nitrogen and oxygen atoms in total. The second kappa shape index (κ2) is 3.83. The highest BCUT2D eigenvalue weighted by molar-refractivity contribution is 5.76. The van der Waals surface area contributed by atoms with Crippen LogP contribution in [0.4, 0.5) is 0 Å². The molecule has 2 heteroatoms. The summed E-state index contributed by atoms with van der Waals surface area (Å²) in [7, 11) is 0. The van der Waals surface area contributed by atoms with Gasteiger partial charge in [-0.25, -0.2) is 0 Å². The van der Waals surface area contributed by atoms with Crippen molar-refractivity contribution in [3.05, 3.63) is 0 Å². The zero-order valence-electron chi connectivity index (χ0n) is 9.10. The SMILES string of the molecule is C#CCC(C)(C)C(=O)OC(C)(C)C. The molecule has 74 valence electrons. The predicted molar refractivity (Wildman–Crippen MR) is 53.1 cm³/mol. The van der Waals surface area contributed by atoms with Gasteiger partial charge in [0, 0.05) is 6.42 Å². The quantitative estimate of drug-likeness (QED) is 0.484. The fraction of sp³-hybridized carbons (Fsp3) is 0.727. The number of carbonyl (C=O) groups is 1. The van der Waals surface area contributed by atoms with Gasteiger partial charge in [0.15, 0.2) is 0 Å². The average Bonchev–Trinajstić information content (AvgIpc) is 1.82. The lowest BCUT2D eigenvalue weighted by Crippen LogP contribution is -2.33. The lowest BCUT2D eigenvalue weighted by molar-refractivity contribution is -0.165. The van der Waals surface area contributed by atoms with Crippen molar-refractivity contribution < 1.29 is 9.53 Å². The summed E-state index contributed by atoms with van der Waals surface area (Å²) >= 11 is 0. The van der Waals surface area contributed by atoms with E-state index in [9.17, 15) is 4.79 Å². The Morgan fingerprint density at radius 1 is 1.31 bits per heavy atom. The summed E-state index contributed by atoms with van der Waals surface area (Å²) < 4.78 is 5.22. The van der Waals surface area contributed by atoms with Crippen LogP contribution in [0.1, 0.15) is 41.0 Å². The Bertz CT molecular complexity index is 225. The summed E-state index contributed by atoms with van der Waals surface area (Å²) in [5.41, 5.74) is -1.02. The molecule has 0 unspecified atom stereocenters.